The molecule has 0 aromatic heterocycles. The molecule has 2 aromatic rings. The number of anilines is 2. The lowest BCUT2D eigenvalue weighted by Gasteiger charge is -2.21. The van der Waals surface area contributed by atoms with Gasteiger partial charge in [-0.05, 0) is 84.0 Å². The lowest BCUT2D eigenvalue weighted by atomic mass is 10.1. The SMILES string of the molecule is C[C@@H]1Cc2cc(C(=O)Nc3ccc(I)cc3)ccc2N1S(C)(=O)=O. The summed E-state index contributed by atoms with van der Waals surface area (Å²) >= 11 is 2.21. The van der Waals surface area contributed by atoms with Crippen LogP contribution in [0, 0.1) is 3.57 Å². The first-order chi connectivity index (χ1) is 11.3. The average molecular weight is 456 g/mol. The van der Waals surface area contributed by atoms with E-state index in [4.69, 9.17) is 0 Å². The summed E-state index contributed by atoms with van der Waals surface area (Å²) in [5.74, 6) is -0.204. The Bertz CT molecular complexity index is 895. The van der Waals surface area contributed by atoms with Crippen molar-refractivity contribution in [1.29, 1.82) is 0 Å². The van der Waals surface area contributed by atoms with Crippen LogP contribution in [0.1, 0.15) is 22.8 Å². The van der Waals surface area contributed by atoms with Crippen LogP contribution in [0.25, 0.3) is 0 Å². The minimum absolute atomic E-state index is 0.135. The van der Waals surface area contributed by atoms with Gasteiger partial charge >= 0.3 is 0 Å². The molecule has 7 heteroatoms. The van der Waals surface area contributed by atoms with Crippen LogP contribution < -0.4 is 9.62 Å². The number of carbonyl (C=O) groups is 1. The summed E-state index contributed by atoms with van der Waals surface area (Å²) in [5.41, 5.74) is 2.79. The molecule has 3 rings (SSSR count). The molecule has 1 amide bonds. The minimum atomic E-state index is -3.32. The second-order valence-electron chi connectivity index (χ2n) is 5.92. The number of nitrogens with one attached hydrogen (secondary N) is 1. The van der Waals surface area contributed by atoms with Crippen molar-refractivity contribution in [3.8, 4) is 0 Å². The molecular formula is C17H17IN2O3S. The Morgan fingerprint density at radius 1 is 1.21 bits per heavy atom. The third-order valence-corrected chi connectivity index (χ3v) is 5.94. The van der Waals surface area contributed by atoms with Crippen LogP contribution in [0.4, 0.5) is 11.4 Å². The number of nitrogens with zero attached hydrogens (tertiary/aromatic N) is 1. The van der Waals surface area contributed by atoms with Gasteiger partial charge in [-0.3, -0.25) is 9.10 Å². The van der Waals surface area contributed by atoms with Crippen molar-refractivity contribution in [2.75, 3.05) is 15.9 Å². The molecule has 0 bridgehead atoms. The molecule has 0 saturated heterocycles. The van der Waals surface area contributed by atoms with Gasteiger partial charge < -0.3 is 5.32 Å². The molecule has 0 spiro atoms. The summed E-state index contributed by atoms with van der Waals surface area (Å²) in [6.07, 6.45) is 1.81. The number of carbonyl (C=O) groups excluding carboxylic acids is 1. The summed E-state index contributed by atoms with van der Waals surface area (Å²) in [4.78, 5) is 12.4. The average Bonchev–Trinajstić information content (AvgIpc) is 2.84. The fourth-order valence-corrected chi connectivity index (χ4v) is 4.61. The van der Waals surface area contributed by atoms with Gasteiger partial charge in [-0.2, -0.15) is 0 Å². The number of rotatable bonds is 3. The molecule has 5 nitrogen and oxygen atoms in total. The molecule has 1 atom stereocenters. The van der Waals surface area contributed by atoms with Crippen molar-refractivity contribution in [2.24, 2.45) is 0 Å². The smallest absolute Gasteiger partial charge is 0.255 e. The Morgan fingerprint density at radius 2 is 1.88 bits per heavy atom. The lowest BCUT2D eigenvalue weighted by Crippen LogP contribution is -2.34. The summed E-state index contributed by atoms with van der Waals surface area (Å²) in [5, 5.41) is 2.86. The second kappa shape index (κ2) is 6.36. The van der Waals surface area contributed by atoms with Crippen LogP contribution in [0.2, 0.25) is 0 Å². The maximum Gasteiger partial charge on any atom is 0.255 e. The topological polar surface area (TPSA) is 66.5 Å². The third-order valence-electron chi connectivity index (χ3n) is 3.95. The van der Waals surface area contributed by atoms with E-state index in [2.05, 4.69) is 27.9 Å². The zero-order valence-electron chi connectivity index (χ0n) is 13.3. The van der Waals surface area contributed by atoms with Gasteiger partial charge in [0.25, 0.3) is 5.91 Å². The highest BCUT2D eigenvalue weighted by molar-refractivity contribution is 14.1. The highest BCUT2D eigenvalue weighted by Crippen LogP contribution is 2.34. The van der Waals surface area contributed by atoms with E-state index >= 15 is 0 Å². The maximum absolute atomic E-state index is 12.4. The second-order valence-corrected chi connectivity index (χ2v) is 9.02. The van der Waals surface area contributed by atoms with Gasteiger partial charge in [0, 0.05) is 20.9 Å². The van der Waals surface area contributed by atoms with Crippen molar-refractivity contribution < 1.29 is 13.2 Å². The fraction of sp³-hybridized carbons (Fsp3) is 0.235. The number of benzene rings is 2. The number of hydrogen-bond acceptors (Lipinski definition) is 3. The van der Waals surface area contributed by atoms with Crippen LogP contribution in [0.15, 0.2) is 42.5 Å². The van der Waals surface area contributed by atoms with Crippen molar-refractivity contribution in [3.05, 3.63) is 57.2 Å². The largest absolute Gasteiger partial charge is 0.322 e. The van der Waals surface area contributed by atoms with Crippen LogP contribution in [-0.2, 0) is 16.4 Å². The third kappa shape index (κ3) is 3.41. The molecule has 24 heavy (non-hydrogen) atoms. The molecule has 1 heterocycles. The molecule has 1 aliphatic rings. The van der Waals surface area contributed by atoms with Gasteiger partial charge in [-0.15, -0.1) is 0 Å². The lowest BCUT2D eigenvalue weighted by molar-refractivity contribution is 0.102. The molecule has 0 radical (unpaired) electrons. The molecule has 0 fully saturated rings. The summed E-state index contributed by atoms with van der Waals surface area (Å²) in [6.45, 7) is 1.87. The van der Waals surface area contributed by atoms with E-state index in [0.29, 0.717) is 17.7 Å². The minimum Gasteiger partial charge on any atom is -0.322 e. The monoisotopic (exact) mass is 456 g/mol. The van der Waals surface area contributed by atoms with E-state index in [1.54, 1.807) is 18.2 Å². The first kappa shape index (κ1) is 17.2. The van der Waals surface area contributed by atoms with Crippen molar-refractivity contribution in [2.45, 2.75) is 19.4 Å². The van der Waals surface area contributed by atoms with Crippen LogP contribution in [0.5, 0.6) is 0 Å². The van der Waals surface area contributed by atoms with E-state index in [-0.39, 0.29) is 11.9 Å². The molecular weight excluding hydrogens is 439 g/mol. The van der Waals surface area contributed by atoms with E-state index in [9.17, 15) is 13.2 Å². The van der Waals surface area contributed by atoms with Crippen LogP contribution in [0.3, 0.4) is 0 Å². The first-order valence-electron chi connectivity index (χ1n) is 7.45. The van der Waals surface area contributed by atoms with E-state index in [1.807, 2.05) is 31.2 Å². The van der Waals surface area contributed by atoms with E-state index in [1.165, 1.54) is 10.6 Å². The summed E-state index contributed by atoms with van der Waals surface area (Å²) in [6, 6.07) is 12.6. The zero-order chi connectivity index (χ0) is 17.5. The van der Waals surface area contributed by atoms with Crippen molar-refractivity contribution in [3.63, 3.8) is 0 Å². The molecule has 0 aliphatic carbocycles. The van der Waals surface area contributed by atoms with Crippen LogP contribution in [-0.4, -0.2) is 26.6 Å². The number of amides is 1. The Hall–Kier alpha value is -1.61. The highest BCUT2D eigenvalue weighted by atomic mass is 127. The fourth-order valence-electron chi connectivity index (χ4n) is 2.99. The normalized spacial score (nSPS) is 16.8. The summed E-state index contributed by atoms with van der Waals surface area (Å²) < 4.78 is 26.4. The highest BCUT2D eigenvalue weighted by Gasteiger charge is 2.32. The van der Waals surface area contributed by atoms with Gasteiger partial charge in [0.1, 0.15) is 0 Å². The molecule has 2 aromatic carbocycles. The Morgan fingerprint density at radius 3 is 2.50 bits per heavy atom. The van der Waals surface area contributed by atoms with E-state index < -0.39 is 10.0 Å². The standard InChI is InChI=1S/C17H17IN2O3S/c1-11-9-13-10-12(3-8-16(13)20(11)24(2,22)23)17(21)19-15-6-4-14(18)5-7-15/h3-8,10-11H,9H2,1-2H3,(H,19,21)/t11-/m1/s1. The first-order valence-corrected chi connectivity index (χ1v) is 10.4. The molecule has 1 aliphatic heterocycles. The van der Waals surface area contributed by atoms with Gasteiger partial charge in [0.15, 0.2) is 0 Å². The molecule has 1 N–H and O–H groups in total. The van der Waals surface area contributed by atoms with Crippen molar-refractivity contribution >= 4 is 49.9 Å². The quantitative estimate of drug-likeness (QED) is 0.722. The Balaban J connectivity index is 1.86. The predicted octanol–water partition coefficient (Wildman–Crippen LogP) is 3.25. The van der Waals surface area contributed by atoms with Crippen molar-refractivity contribution in [1.82, 2.24) is 0 Å². The van der Waals surface area contributed by atoms with Gasteiger partial charge in [0.2, 0.25) is 10.0 Å². The molecule has 126 valence electrons. The van der Waals surface area contributed by atoms with Gasteiger partial charge in [0.05, 0.1) is 11.9 Å². The molecule has 0 unspecified atom stereocenters. The summed E-state index contributed by atoms with van der Waals surface area (Å²) in [7, 11) is -3.32. The molecule has 0 saturated carbocycles. The maximum atomic E-state index is 12.4. The zero-order valence-corrected chi connectivity index (χ0v) is 16.3. The number of fused-ring (bicyclic) bond motifs is 1. The number of halogens is 1. The number of sulfonamides is 1. The predicted molar refractivity (Wildman–Crippen MR) is 104 cm³/mol. The Labute approximate surface area is 155 Å². The number of hydrogen-bond donors (Lipinski definition) is 1. The van der Waals surface area contributed by atoms with Gasteiger partial charge in [-0.1, -0.05) is 0 Å². The van der Waals surface area contributed by atoms with Crippen LogP contribution >= 0.6 is 22.6 Å². The Kier molecular flexibility index (Phi) is 4.56. The van der Waals surface area contributed by atoms with Gasteiger partial charge in [-0.25, -0.2) is 8.42 Å². The van der Waals surface area contributed by atoms with E-state index in [0.717, 1.165) is 14.8 Å².